The van der Waals surface area contributed by atoms with Crippen LogP contribution in [-0.4, -0.2) is 0 Å². The molecule has 0 saturated carbocycles. The lowest BCUT2D eigenvalue weighted by molar-refractivity contribution is 0.583. The standard InChI is InChI=1S/C23H31/c1-9-17-13-14-18(20(15-17)23(6,7)8)21-16(2)11-10-12-19(21)22(3,4)5/h10-11,13-15H,9H2,1-8H3. The summed E-state index contributed by atoms with van der Waals surface area (Å²) < 4.78 is 0. The average Bonchev–Trinajstić information content (AvgIpc) is 2.44. The number of hydrogen-bond acceptors (Lipinski definition) is 0. The van der Waals surface area contributed by atoms with Gasteiger partial charge in [0.2, 0.25) is 0 Å². The van der Waals surface area contributed by atoms with Crippen molar-refractivity contribution in [2.24, 2.45) is 0 Å². The molecular formula is C23H31. The van der Waals surface area contributed by atoms with Crippen LogP contribution in [0.15, 0.2) is 30.3 Å². The van der Waals surface area contributed by atoms with E-state index >= 15 is 0 Å². The molecule has 2 aromatic carbocycles. The molecular weight excluding hydrogens is 276 g/mol. The Morgan fingerprint density at radius 3 is 2.09 bits per heavy atom. The first-order valence-electron chi connectivity index (χ1n) is 8.71. The lowest BCUT2D eigenvalue weighted by atomic mass is 9.75. The van der Waals surface area contributed by atoms with Gasteiger partial charge >= 0.3 is 0 Å². The first-order valence-corrected chi connectivity index (χ1v) is 8.71. The highest BCUT2D eigenvalue weighted by Crippen LogP contribution is 2.40. The summed E-state index contributed by atoms with van der Waals surface area (Å²) in [6.07, 6.45) is 1.08. The second-order valence-electron chi connectivity index (χ2n) is 8.64. The minimum atomic E-state index is 0.0833. The van der Waals surface area contributed by atoms with Crippen LogP contribution >= 0.6 is 0 Å². The van der Waals surface area contributed by atoms with E-state index in [-0.39, 0.29) is 10.8 Å². The van der Waals surface area contributed by atoms with Crippen LogP contribution in [0.5, 0.6) is 0 Å². The fourth-order valence-electron chi connectivity index (χ4n) is 3.19. The van der Waals surface area contributed by atoms with E-state index in [0.717, 1.165) is 6.42 Å². The van der Waals surface area contributed by atoms with Crippen molar-refractivity contribution in [2.45, 2.75) is 72.6 Å². The summed E-state index contributed by atoms with van der Waals surface area (Å²) in [6.45, 7) is 18.2. The zero-order chi connectivity index (χ0) is 17.4. The van der Waals surface area contributed by atoms with Crippen molar-refractivity contribution in [3.63, 3.8) is 0 Å². The third kappa shape index (κ3) is 3.68. The van der Waals surface area contributed by atoms with Gasteiger partial charge in [-0.3, -0.25) is 0 Å². The van der Waals surface area contributed by atoms with Crippen molar-refractivity contribution in [1.82, 2.24) is 0 Å². The summed E-state index contributed by atoms with van der Waals surface area (Å²) in [4.78, 5) is 0. The van der Waals surface area contributed by atoms with Gasteiger partial charge in [-0.1, -0.05) is 78.8 Å². The molecule has 1 radical (unpaired) electrons. The molecule has 0 aliphatic heterocycles. The first-order chi connectivity index (χ1) is 10.6. The van der Waals surface area contributed by atoms with Gasteiger partial charge in [0.15, 0.2) is 0 Å². The van der Waals surface area contributed by atoms with Gasteiger partial charge in [0.25, 0.3) is 0 Å². The molecule has 23 heavy (non-hydrogen) atoms. The van der Waals surface area contributed by atoms with E-state index in [4.69, 9.17) is 0 Å². The topological polar surface area (TPSA) is 0 Å². The minimum Gasteiger partial charge on any atom is -0.0613 e. The minimum absolute atomic E-state index is 0.0833. The van der Waals surface area contributed by atoms with Crippen LogP contribution < -0.4 is 0 Å². The van der Waals surface area contributed by atoms with Gasteiger partial charge < -0.3 is 0 Å². The molecule has 0 N–H and O–H groups in total. The van der Waals surface area contributed by atoms with Gasteiger partial charge in [0, 0.05) is 0 Å². The van der Waals surface area contributed by atoms with Crippen molar-refractivity contribution in [2.75, 3.05) is 0 Å². The van der Waals surface area contributed by atoms with Crippen LogP contribution in [0.2, 0.25) is 0 Å². The number of hydrogen-bond donors (Lipinski definition) is 0. The van der Waals surface area contributed by atoms with Crippen LogP contribution in [0.1, 0.15) is 70.7 Å². The Morgan fingerprint density at radius 2 is 1.57 bits per heavy atom. The van der Waals surface area contributed by atoms with Crippen molar-refractivity contribution in [1.29, 1.82) is 0 Å². The quantitative estimate of drug-likeness (QED) is 0.585. The fraction of sp³-hybridized carbons (Fsp3) is 0.478. The summed E-state index contributed by atoms with van der Waals surface area (Å²) in [5.41, 5.74) is 8.44. The van der Waals surface area contributed by atoms with Crippen LogP contribution in [0.3, 0.4) is 0 Å². The van der Waals surface area contributed by atoms with E-state index in [1.807, 2.05) is 0 Å². The molecule has 123 valence electrons. The zero-order valence-corrected chi connectivity index (χ0v) is 16.1. The predicted octanol–water partition coefficient (Wildman–Crippen LogP) is 6.62. The largest absolute Gasteiger partial charge is 0.0613 e. The number of benzene rings is 2. The summed E-state index contributed by atoms with van der Waals surface area (Å²) in [7, 11) is 0. The smallest absolute Gasteiger partial charge is 0.0108 e. The molecule has 2 aromatic rings. The zero-order valence-electron chi connectivity index (χ0n) is 16.1. The number of aryl methyl sites for hydroxylation is 2. The molecule has 0 aliphatic rings. The summed E-state index contributed by atoms with van der Waals surface area (Å²) >= 11 is 0. The SMILES string of the molecule is CCc1ccc(-c2c(C(C)(C)C)[c]ccc2C)c(C(C)(C)C)c1. The van der Waals surface area contributed by atoms with Crippen molar-refractivity contribution >= 4 is 0 Å². The van der Waals surface area contributed by atoms with Crippen LogP contribution in [0, 0.1) is 13.0 Å². The van der Waals surface area contributed by atoms with Gasteiger partial charge in [0.1, 0.15) is 0 Å². The molecule has 0 nitrogen and oxygen atoms in total. The van der Waals surface area contributed by atoms with Gasteiger partial charge in [-0.05, 0) is 63.6 Å². The second-order valence-corrected chi connectivity index (χ2v) is 8.64. The molecule has 0 heterocycles. The molecule has 0 aromatic heterocycles. The van der Waals surface area contributed by atoms with Crippen LogP contribution in [0.25, 0.3) is 11.1 Å². The lowest BCUT2D eigenvalue weighted by Gasteiger charge is -2.29. The molecule has 0 spiro atoms. The van der Waals surface area contributed by atoms with Crippen molar-refractivity contribution < 1.29 is 0 Å². The Bertz CT molecular complexity index is 691. The van der Waals surface area contributed by atoms with E-state index in [9.17, 15) is 0 Å². The molecule has 0 atom stereocenters. The maximum Gasteiger partial charge on any atom is -0.0108 e. The van der Waals surface area contributed by atoms with Crippen molar-refractivity contribution in [3.05, 3.63) is 58.7 Å². The summed E-state index contributed by atoms with van der Waals surface area (Å²) in [5, 5.41) is 0. The Balaban J connectivity index is 2.83. The van der Waals surface area contributed by atoms with Gasteiger partial charge in [-0.2, -0.15) is 0 Å². The maximum atomic E-state index is 3.52. The van der Waals surface area contributed by atoms with Crippen LogP contribution in [-0.2, 0) is 17.3 Å². The second kappa shape index (κ2) is 6.15. The van der Waals surface area contributed by atoms with E-state index in [2.05, 4.69) is 91.8 Å². The van der Waals surface area contributed by atoms with Crippen LogP contribution in [0.4, 0.5) is 0 Å². The third-order valence-electron chi connectivity index (χ3n) is 4.52. The molecule has 0 heteroatoms. The van der Waals surface area contributed by atoms with Crippen molar-refractivity contribution in [3.8, 4) is 11.1 Å². The molecule has 0 bridgehead atoms. The first kappa shape index (κ1) is 17.8. The van der Waals surface area contributed by atoms with E-state index in [1.165, 1.54) is 33.4 Å². The molecule has 0 aliphatic carbocycles. The Morgan fingerprint density at radius 1 is 0.913 bits per heavy atom. The summed E-state index contributed by atoms with van der Waals surface area (Å²) in [5.74, 6) is 0. The van der Waals surface area contributed by atoms with Gasteiger partial charge in [-0.15, -0.1) is 0 Å². The average molecular weight is 308 g/mol. The predicted molar refractivity (Wildman–Crippen MR) is 102 cm³/mol. The highest BCUT2D eigenvalue weighted by molar-refractivity contribution is 5.76. The Labute approximate surface area is 143 Å². The normalized spacial score (nSPS) is 12.5. The van der Waals surface area contributed by atoms with Gasteiger partial charge in [0.05, 0.1) is 0 Å². The fourth-order valence-corrected chi connectivity index (χ4v) is 3.19. The third-order valence-corrected chi connectivity index (χ3v) is 4.52. The molecule has 0 amide bonds. The molecule has 0 fully saturated rings. The van der Waals surface area contributed by atoms with E-state index in [0.29, 0.717) is 0 Å². The lowest BCUT2D eigenvalue weighted by Crippen LogP contribution is -2.17. The monoisotopic (exact) mass is 307 g/mol. The molecule has 0 unspecified atom stereocenters. The van der Waals surface area contributed by atoms with E-state index < -0.39 is 0 Å². The molecule has 2 rings (SSSR count). The highest BCUT2D eigenvalue weighted by atomic mass is 14.3. The van der Waals surface area contributed by atoms with E-state index in [1.54, 1.807) is 0 Å². The molecule has 0 saturated heterocycles. The maximum absolute atomic E-state index is 3.52. The number of rotatable bonds is 2. The highest BCUT2D eigenvalue weighted by Gasteiger charge is 2.25. The summed E-state index contributed by atoms with van der Waals surface area (Å²) in [6, 6.07) is 14.8. The Kier molecular flexibility index (Phi) is 4.76. The van der Waals surface area contributed by atoms with Gasteiger partial charge in [-0.25, -0.2) is 0 Å². The Hall–Kier alpha value is -1.56.